The van der Waals surface area contributed by atoms with Crippen LogP contribution in [0.3, 0.4) is 0 Å². The summed E-state index contributed by atoms with van der Waals surface area (Å²) in [6.45, 7) is 10.7. The van der Waals surface area contributed by atoms with Gasteiger partial charge in [-0.3, -0.25) is 4.57 Å². The van der Waals surface area contributed by atoms with Crippen LogP contribution >= 0.6 is 23.1 Å². The topological polar surface area (TPSA) is 60.9 Å². The minimum atomic E-state index is -0.274. The van der Waals surface area contributed by atoms with Crippen molar-refractivity contribution in [1.82, 2.24) is 9.55 Å². The maximum Gasteiger partial charge on any atom is 0.354 e. The zero-order chi connectivity index (χ0) is 15.1. The van der Waals surface area contributed by atoms with Crippen molar-refractivity contribution in [1.29, 1.82) is 0 Å². The molecule has 0 saturated heterocycles. The van der Waals surface area contributed by atoms with Crippen molar-refractivity contribution in [3.8, 4) is 5.69 Å². The first kappa shape index (κ1) is 15.4. The fraction of sp³-hybridized carbons (Fsp3) is 0.571. The van der Waals surface area contributed by atoms with E-state index in [-0.39, 0.29) is 5.69 Å². The molecule has 0 bridgehead atoms. The standard InChI is InChI=1S/C14H21N3OS2/c1-8-9(2)20-12(19-7-6-14(3,4)5)10-11(15)16-13(18)17(8)10/h6-7H2,1-5H3,(H2,15,16,18). The van der Waals surface area contributed by atoms with Crippen LogP contribution in [0, 0.1) is 19.3 Å². The van der Waals surface area contributed by atoms with Crippen molar-refractivity contribution < 1.29 is 0 Å². The zero-order valence-corrected chi connectivity index (χ0v) is 14.2. The lowest BCUT2D eigenvalue weighted by Gasteiger charge is -2.18. The molecule has 4 nitrogen and oxygen atoms in total. The number of fused-ring (bicyclic) bond motifs is 1. The summed E-state index contributed by atoms with van der Waals surface area (Å²) in [5, 5.41) is 0. The molecule has 0 aromatic carbocycles. The van der Waals surface area contributed by atoms with Crippen LogP contribution in [0.25, 0.3) is 5.69 Å². The predicted molar refractivity (Wildman–Crippen MR) is 87.6 cm³/mol. The second kappa shape index (κ2) is 5.41. The fourth-order valence-corrected chi connectivity index (χ4v) is 4.79. The van der Waals surface area contributed by atoms with Gasteiger partial charge in [0.15, 0.2) is 5.82 Å². The van der Waals surface area contributed by atoms with Gasteiger partial charge in [-0.25, -0.2) is 4.79 Å². The Morgan fingerprint density at radius 2 is 2.00 bits per heavy atom. The summed E-state index contributed by atoms with van der Waals surface area (Å²) in [6.07, 6.45) is 1.11. The molecule has 2 N–H and O–H groups in total. The molecule has 2 aliphatic heterocycles. The van der Waals surface area contributed by atoms with E-state index in [1.165, 1.54) is 0 Å². The summed E-state index contributed by atoms with van der Waals surface area (Å²) in [4.78, 5) is 16.9. The smallest absolute Gasteiger partial charge is 0.354 e. The summed E-state index contributed by atoms with van der Waals surface area (Å²) in [6, 6.07) is 0. The van der Waals surface area contributed by atoms with Gasteiger partial charge in [-0.2, -0.15) is 4.98 Å². The van der Waals surface area contributed by atoms with Gasteiger partial charge in [0.1, 0.15) is 5.69 Å². The highest BCUT2D eigenvalue weighted by molar-refractivity contribution is 8.01. The third kappa shape index (κ3) is 3.01. The number of imidazole rings is 1. The number of hydrogen-bond donors (Lipinski definition) is 1. The van der Waals surface area contributed by atoms with Crippen LogP contribution in [0.4, 0.5) is 5.82 Å². The highest BCUT2D eigenvalue weighted by atomic mass is 32.2. The van der Waals surface area contributed by atoms with E-state index in [1.807, 2.05) is 13.8 Å². The average Bonchev–Trinajstić information content (AvgIpc) is 2.59. The molecule has 0 aromatic rings. The Bertz CT molecular complexity index is 652. The third-order valence-corrected chi connectivity index (χ3v) is 5.69. The second-order valence-corrected chi connectivity index (χ2v) is 8.74. The molecule has 0 aliphatic carbocycles. The Labute approximate surface area is 127 Å². The molecule has 0 unspecified atom stereocenters. The van der Waals surface area contributed by atoms with E-state index in [4.69, 9.17) is 5.73 Å². The number of aryl methyl sites for hydroxylation is 1. The molecule has 20 heavy (non-hydrogen) atoms. The molecule has 0 atom stereocenters. The van der Waals surface area contributed by atoms with E-state index < -0.39 is 0 Å². The van der Waals surface area contributed by atoms with Gasteiger partial charge in [0.2, 0.25) is 0 Å². The number of anilines is 1. The third-order valence-electron chi connectivity index (χ3n) is 3.24. The van der Waals surface area contributed by atoms with Gasteiger partial charge in [-0.15, -0.1) is 23.1 Å². The lowest BCUT2D eigenvalue weighted by Crippen LogP contribution is -2.17. The van der Waals surface area contributed by atoms with Crippen LogP contribution in [-0.2, 0) is 0 Å². The van der Waals surface area contributed by atoms with Crippen molar-refractivity contribution >= 4 is 28.9 Å². The van der Waals surface area contributed by atoms with Gasteiger partial charge in [0.25, 0.3) is 0 Å². The molecule has 6 heteroatoms. The van der Waals surface area contributed by atoms with Crippen molar-refractivity contribution in [2.45, 2.75) is 45.2 Å². The van der Waals surface area contributed by atoms with Crippen LogP contribution in [0.5, 0.6) is 0 Å². The van der Waals surface area contributed by atoms with Gasteiger partial charge >= 0.3 is 5.69 Å². The fourth-order valence-electron chi connectivity index (χ4n) is 1.89. The zero-order valence-electron chi connectivity index (χ0n) is 12.6. The molecule has 0 radical (unpaired) electrons. The lowest BCUT2D eigenvalue weighted by atomic mass is 9.94. The monoisotopic (exact) mass is 311 g/mol. The highest BCUT2D eigenvalue weighted by Gasteiger charge is 2.22. The maximum absolute atomic E-state index is 11.9. The molecule has 0 fully saturated rings. The average molecular weight is 311 g/mol. The van der Waals surface area contributed by atoms with Crippen LogP contribution in [0.2, 0.25) is 0 Å². The number of hydrogen-bond acceptors (Lipinski definition) is 5. The van der Waals surface area contributed by atoms with Gasteiger partial charge in [0, 0.05) is 10.6 Å². The van der Waals surface area contributed by atoms with E-state index in [1.54, 1.807) is 27.7 Å². The molecule has 110 valence electrons. The molecular weight excluding hydrogens is 290 g/mol. The molecule has 0 saturated carbocycles. The summed E-state index contributed by atoms with van der Waals surface area (Å²) in [5.41, 5.74) is 7.66. The quantitative estimate of drug-likeness (QED) is 0.882. The van der Waals surface area contributed by atoms with Gasteiger partial charge in [-0.1, -0.05) is 20.8 Å². The van der Waals surface area contributed by atoms with Crippen LogP contribution in [0.1, 0.15) is 37.8 Å². The number of rotatable bonds is 3. The molecule has 2 heterocycles. The van der Waals surface area contributed by atoms with Crippen LogP contribution in [0.15, 0.2) is 9.00 Å². The Morgan fingerprint density at radius 1 is 1.35 bits per heavy atom. The molecule has 0 amide bonds. The Morgan fingerprint density at radius 3 is 2.60 bits per heavy atom. The van der Waals surface area contributed by atoms with Crippen LogP contribution < -0.4 is 11.4 Å². The SMILES string of the molecule is Cc1sc(SCCC(C)(C)C)c2c(N)nc(=O)n-2c1C. The Balaban J connectivity index is 2.38. The van der Waals surface area contributed by atoms with Crippen LogP contribution in [-0.4, -0.2) is 15.3 Å². The maximum atomic E-state index is 11.9. The number of aromatic nitrogens is 2. The summed E-state index contributed by atoms with van der Waals surface area (Å²) >= 11 is 3.46. The molecular formula is C14H21N3OS2. The predicted octanol–water partition coefficient (Wildman–Crippen LogP) is 3.46. The number of nitrogen functional groups attached to an aromatic ring is 1. The van der Waals surface area contributed by atoms with E-state index in [2.05, 4.69) is 25.8 Å². The van der Waals surface area contributed by atoms with Crippen molar-refractivity contribution in [2.75, 3.05) is 11.5 Å². The molecule has 0 spiro atoms. The molecule has 2 aliphatic rings. The van der Waals surface area contributed by atoms with Gasteiger partial charge < -0.3 is 5.73 Å². The van der Waals surface area contributed by atoms with Crippen molar-refractivity contribution in [3.63, 3.8) is 0 Å². The van der Waals surface area contributed by atoms with E-state index in [0.29, 0.717) is 11.2 Å². The van der Waals surface area contributed by atoms with E-state index in [0.717, 1.165) is 32.6 Å². The Kier molecular flexibility index (Phi) is 4.16. The first-order chi connectivity index (χ1) is 9.20. The highest BCUT2D eigenvalue weighted by Crippen LogP contribution is 2.38. The first-order valence-corrected chi connectivity index (χ1v) is 8.42. The largest absolute Gasteiger partial charge is 0.382 e. The molecule has 2 rings (SSSR count). The minimum Gasteiger partial charge on any atom is -0.382 e. The van der Waals surface area contributed by atoms with Crippen molar-refractivity contribution in [3.05, 3.63) is 21.1 Å². The summed E-state index contributed by atoms with van der Waals surface area (Å²) < 4.78 is 2.73. The normalized spacial score (nSPS) is 12.2. The lowest BCUT2D eigenvalue weighted by molar-refractivity contribution is 0.401. The molecule has 0 aromatic heterocycles. The number of thioether (sulfide) groups is 1. The second-order valence-electron chi connectivity index (χ2n) is 6.15. The minimum absolute atomic E-state index is 0.274. The van der Waals surface area contributed by atoms with Crippen molar-refractivity contribution in [2.24, 2.45) is 5.41 Å². The van der Waals surface area contributed by atoms with E-state index in [9.17, 15) is 4.79 Å². The van der Waals surface area contributed by atoms with Gasteiger partial charge in [-0.05, 0) is 31.4 Å². The summed E-state index contributed by atoms with van der Waals surface area (Å²) in [5.74, 6) is 1.35. The number of nitrogens with two attached hydrogens (primary N) is 1. The van der Waals surface area contributed by atoms with Gasteiger partial charge in [0.05, 0.1) is 4.21 Å². The summed E-state index contributed by atoms with van der Waals surface area (Å²) in [7, 11) is 0. The van der Waals surface area contributed by atoms with E-state index >= 15 is 0 Å². The number of nitrogens with zero attached hydrogens (tertiary/aromatic N) is 2. The first-order valence-electron chi connectivity index (χ1n) is 6.62. The Hall–Kier alpha value is -1.01.